The van der Waals surface area contributed by atoms with E-state index in [-0.39, 0.29) is 11.7 Å². The Balaban J connectivity index is 2.08. The molecule has 1 saturated heterocycles. The number of rotatable bonds is 2. The van der Waals surface area contributed by atoms with E-state index in [0.29, 0.717) is 0 Å². The molecular weight excluding hydrogens is 190 g/mol. The van der Waals surface area contributed by atoms with E-state index >= 15 is 0 Å². The fraction of sp³-hybridized carbons (Fsp3) is 0.545. The number of carbonyl (C=O) groups excluding carboxylic acids is 1. The van der Waals surface area contributed by atoms with Gasteiger partial charge in [0.1, 0.15) is 5.78 Å². The molecule has 1 atom stereocenters. The number of carbonyl (C=O) groups is 1. The topological polar surface area (TPSA) is 46.1 Å². The molecule has 80 valence electrons. The van der Waals surface area contributed by atoms with Crippen LogP contribution in [0.3, 0.4) is 0 Å². The summed E-state index contributed by atoms with van der Waals surface area (Å²) in [7, 11) is 0. The van der Waals surface area contributed by atoms with Crippen molar-refractivity contribution in [3.8, 4) is 0 Å². The third-order valence-corrected chi connectivity index (χ3v) is 2.88. The Hall–Kier alpha value is -1.45. The molecule has 4 heteroatoms. The van der Waals surface area contributed by atoms with Crippen LogP contribution in [0.5, 0.6) is 0 Å². The molecule has 1 aliphatic rings. The van der Waals surface area contributed by atoms with Crippen molar-refractivity contribution in [2.45, 2.75) is 19.8 Å². The van der Waals surface area contributed by atoms with Gasteiger partial charge in [0.2, 0.25) is 0 Å². The smallest absolute Gasteiger partial charge is 0.151 e. The van der Waals surface area contributed by atoms with Gasteiger partial charge in [0, 0.05) is 25.2 Å². The van der Waals surface area contributed by atoms with Crippen molar-refractivity contribution in [2.24, 2.45) is 5.92 Å². The SMILES string of the molecule is CC(=O)C1CCCN(c2cccnn2)C1. The molecule has 1 fully saturated rings. The number of nitrogens with zero attached hydrogens (tertiary/aromatic N) is 3. The average Bonchev–Trinajstić information content (AvgIpc) is 2.30. The second kappa shape index (κ2) is 4.38. The molecule has 2 rings (SSSR count). The number of hydrogen-bond donors (Lipinski definition) is 0. The molecule has 15 heavy (non-hydrogen) atoms. The van der Waals surface area contributed by atoms with Crippen molar-refractivity contribution in [3.05, 3.63) is 18.3 Å². The molecule has 2 heterocycles. The van der Waals surface area contributed by atoms with Crippen LogP contribution in [-0.4, -0.2) is 29.1 Å². The maximum absolute atomic E-state index is 11.3. The highest BCUT2D eigenvalue weighted by Crippen LogP contribution is 2.21. The molecule has 1 unspecified atom stereocenters. The number of aromatic nitrogens is 2. The van der Waals surface area contributed by atoms with Gasteiger partial charge < -0.3 is 4.90 Å². The number of piperidine rings is 1. The Morgan fingerprint density at radius 3 is 3.13 bits per heavy atom. The summed E-state index contributed by atoms with van der Waals surface area (Å²) in [5.74, 6) is 1.33. The zero-order chi connectivity index (χ0) is 10.7. The van der Waals surface area contributed by atoms with Gasteiger partial charge in [0.25, 0.3) is 0 Å². The number of anilines is 1. The van der Waals surface area contributed by atoms with Gasteiger partial charge >= 0.3 is 0 Å². The lowest BCUT2D eigenvalue weighted by Crippen LogP contribution is -2.38. The van der Waals surface area contributed by atoms with Crippen molar-refractivity contribution in [1.29, 1.82) is 0 Å². The highest BCUT2D eigenvalue weighted by atomic mass is 16.1. The summed E-state index contributed by atoms with van der Waals surface area (Å²) < 4.78 is 0. The van der Waals surface area contributed by atoms with E-state index < -0.39 is 0 Å². The van der Waals surface area contributed by atoms with Crippen LogP contribution in [0, 0.1) is 5.92 Å². The Morgan fingerprint density at radius 1 is 1.60 bits per heavy atom. The van der Waals surface area contributed by atoms with Gasteiger partial charge in [-0.1, -0.05) is 0 Å². The predicted molar refractivity (Wildman–Crippen MR) is 57.7 cm³/mol. The molecule has 0 aliphatic carbocycles. The molecule has 0 spiro atoms. The summed E-state index contributed by atoms with van der Waals surface area (Å²) in [6, 6.07) is 3.81. The van der Waals surface area contributed by atoms with Gasteiger partial charge in [-0.05, 0) is 31.9 Å². The minimum atomic E-state index is 0.167. The van der Waals surface area contributed by atoms with Gasteiger partial charge in [-0.15, -0.1) is 5.10 Å². The summed E-state index contributed by atoms with van der Waals surface area (Å²) in [4.78, 5) is 13.5. The largest absolute Gasteiger partial charge is 0.354 e. The predicted octanol–water partition coefficient (Wildman–Crippen LogP) is 1.28. The molecule has 0 amide bonds. The summed E-state index contributed by atoms with van der Waals surface area (Å²) in [5, 5.41) is 7.91. The van der Waals surface area contributed by atoms with Gasteiger partial charge in [-0.3, -0.25) is 4.79 Å². The molecule has 0 saturated carbocycles. The van der Waals surface area contributed by atoms with Crippen LogP contribution in [0.2, 0.25) is 0 Å². The minimum absolute atomic E-state index is 0.167. The lowest BCUT2D eigenvalue weighted by atomic mass is 9.95. The Bertz CT molecular complexity index is 339. The lowest BCUT2D eigenvalue weighted by molar-refractivity contribution is -0.120. The monoisotopic (exact) mass is 205 g/mol. The number of ketones is 1. The van der Waals surface area contributed by atoms with E-state index in [1.54, 1.807) is 13.1 Å². The zero-order valence-electron chi connectivity index (χ0n) is 8.89. The summed E-state index contributed by atoms with van der Waals surface area (Å²) in [5.41, 5.74) is 0. The lowest BCUT2D eigenvalue weighted by Gasteiger charge is -2.31. The van der Waals surface area contributed by atoms with Crippen LogP contribution in [0.1, 0.15) is 19.8 Å². The fourth-order valence-electron chi connectivity index (χ4n) is 1.98. The third-order valence-electron chi connectivity index (χ3n) is 2.88. The molecule has 1 aliphatic heterocycles. The van der Waals surface area contributed by atoms with E-state index in [2.05, 4.69) is 15.1 Å². The molecular formula is C11H15N3O. The van der Waals surface area contributed by atoms with Crippen LogP contribution >= 0.6 is 0 Å². The summed E-state index contributed by atoms with van der Waals surface area (Å²) >= 11 is 0. The van der Waals surface area contributed by atoms with Crippen molar-refractivity contribution in [2.75, 3.05) is 18.0 Å². The van der Waals surface area contributed by atoms with Gasteiger partial charge in [-0.25, -0.2) is 0 Å². The van der Waals surface area contributed by atoms with Gasteiger partial charge in [-0.2, -0.15) is 5.10 Å². The third kappa shape index (κ3) is 2.32. The van der Waals surface area contributed by atoms with Crippen molar-refractivity contribution in [1.82, 2.24) is 10.2 Å². The number of hydrogen-bond acceptors (Lipinski definition) is 4. The molecule has 0 aromatic carbocycles. The first-order valence-corrected chi connectivity index (χ1v) is 5.30. The molecule has 0 N–H and O–H groups in total. The highest BCUT2D eigenvalue weighted by Gasteiger charge is 2.23. The Labute approximate surface area is 89.3 Å². The first-order valence-electron chi connectivity index (χ1n) is 5.30. The molecule has 0 radical (unpaired) electrons. The van der Waals surface area contributed by atoms with E-state index in [9.17, 15) is 4.79 Å². The second-order valence-electron chi connectivity index (χ2n) is 3.98. The quantitative estimate of drug-likeness (QED) is 0.729. The van der Waals surface area contributed by atoms with E-state index in [4.69, 9.17) is 0 Å². The first kappa shape index (κ1) is 10.1. The van der Waals surface area contributed by atoms with Crippen LogP contribution in [0.15, 0.2) is 18.3 Å². The minimum Gasteiger partial charge on any atom is -0.354 e. The van der Waals surface area contributed by atoms with Gasteiger partial charge in [0.15, 0.2) is 5.82 Å². The zero-order valence-corrected chi connectivity index (χ0v) is 8.89. The average molecular weight is 205 g/mol. The van der Waals surface area contributed by atoms with Crippen LogP contribution in [0.4, 0.5) is 5.82 Å². The van der Waals surface area contributed by atoms with Crippen LogP contribution < -0.4 is 4.90 Å². The van der Waals surface area contributed by atoms with Crippen molar-refractivity contribution in [3.63, 3.8) is 0 Å². The summed E-state index contributed by atoms with van der Waals surface area (Å²) in [6.45, 7) is 3.43. The van der Waals surface area contributed by atoms with Gasteiger partial charge in [0.05, 0.1) is 0 Å². The van der Waals surface area contributed by atoms with E-state index in [1.165, 1.54) is 0 Å². The van der Waals surface area contributed by atoms with E-state index in [1.807, 2.05) is 12.1 Å². The first-order chi connectivity index (χ1) is 7.27. The number of Topliss-reactive ketones (excluding diaryl/α,β-unsaturated/α-hetero) is 1. The highest BCUT2D eigenvalue weighted by molar-refractivity contribution is 5.79. The van der Waals surface area contributed by atoms with Crippen molar-refractivity contribution < 1.29 is 4.79 Å². The molecule has 1 aromatic rings. The van der Waals surface area contributed by atoms with E-state index in [0.717, 1.165) is 31.7 Å². The maximum atomic E-state index is 11.3. The van der Waals surface area contributed by atoms with Crippen LogP contribution in [0.25, 0.3) is 0 Å². The maximum Gasteiger partial charge on any atom is 0.151 e. The Kier molecular flexibility index (Phi) is 2.94. The normalized spacial score (nSPS) is 21.4. The molecule has 0 bridgehead atoms. The summed E-state index contributed by atoms with van der Waals surface area (Å²) in [6.07, 6.45) is 3.73. The molecule has 4 nitrogen and oxygen atoms in total. The fourth-order valence-corrected chi connectivity index (χ4v) is 1.98. The van der Waals surface area contributed by atoms with Crippen molar-refractivity contribution >= 4 is 11.6 Å². The standard InChI is InChI=1S/C11H15N3O/c1-9(15)10-4-3-7-14(8-10)11-5-2-6-12-13-11/h2,5-6,10H,3-4,7-8H2,1H3. The second-order valence-corrected chi connectivity index (χ2v) is 3.98. The Morgan fingerprint density at radius 2 is 2.47 bits per heavy atom. The molecule has 1 aromatic heterocycles. The van der Waals surface area contributed by atoms with Crippen LogP contribution in [-0.2, 0) is 4.79 Å².